The molecule has 1 unspecified atom stereocenters. The molecule has 0 fully saturated rings. The zero-order valence-electron chi connectivity index (χ0n) is 11.1. The van der Waals surface area contributed by atoms with E-state index in [0.717, 1.165) is 25.7 Å². The Bertz CT molecular complexity index is 192. The van der Waals surface area contributed by atoms with Gasteiger partial charge < -0.3 is 4.90 Å². The fourth-order valence-corrected chi connectivity index (χ4v) is 2.31. The van der Waals surface area contributed by atoms with Gasteiger partial charge in [-0.3, -0.25) is 4.79 Å². The third kappa shape index (κ3) is 4.73. The van der Waals surface area contributed by atoms with Crippen LogP contribution in [0.25, 0.3) is 0 Å². The van der Waals surface area contributed by atoms with Gasteiger partial charge in [0, 0.05) is 24.4 Å². The van der Waals surface area contributed by atoms with E-state index in [1.165, 1.54) is 0 Å². The quantitative estimate of drug-likeness (QED) is 0.600. The van der Waals surface area contributed by atoms with E-state index >= 15 is 0 Å². The van der Waals surface area contributed by atoms with Crippen LogP contribution >= 0.6 is 11.6 Å². The number of rotatable bonds is 8. The number of halogens is 1. The smallest absolute Gasteiger partial charge is 0.225 e. The molecule has 1 atom stereocenters. The van der Waals surface area contributed by atoms with Crippen LogP contribution in [0.5, 0.6) is 0 Å². The Balaban J connectivity index is 4.55. The second-order valence-electron chi connectivity index (χ2n) is 4.38. The van der Waals surface area contributed by atoms with E-state index in [-0.39, 0.29) is 11.8 Å². The van der Waals surface area contributed by atoms with E-state index in [0.29, 0.717) is 18.5 Å². The lowest BCUT2D eigenvalue weighted by atomic mass is 10.0. The molecule has 0 bridgehead atoms. The highest BCUT2D eigenvalue weighted by Crippen LogP contribution is 2.16. The van der Waals surface area contributed by atoms with E-state index < -0.39 is 0 Å². The van der Waals surface area contributed by atoms with Gasteiger partial charge in [0.1, 0.15) is 0 Å². The van der Waals surface area contributed by atoms with Crippen molar-refractivity contribution in [2.24, 2.45) is 5.92 Å². The Morgan fingerprint density at radius 3 is 2.19 bits per heavy atom. The summed E-state index contributed by atoms with van der Waals surface area (Å²) in [6.07, 6.45) is 4.05. The molecule has 0 rings (SSSR count). The average molecular weight is 248 g/mol. The Hall–Kier alpha value is -0.240. The Morgan fingerprint density at radius 2 is 1.81 bits per heavy atom. The summed E-state index contributed by atoms with van der Waals surface area (Å²) in [5.74, 6) is 0.936. The Labute approximate surface area is 105 Å². The molecule has 16 heavy (non-hydrogen) atoms. The van der Waals surface area contributed by atoms with Crippen LogP contribution in [0.4, 0.5) is 0 Å². The number of carbonyl (C=O) groups excluding carboxylic acids is 1. The standard InChI is InChI=1S/C13H26ClNO/c1-5-8-11(4)13(16)15(10-9-14)12(6-2)7-3/h11-12H,5-10H2,1-4H3. The van der Waals surface area contributed by atoms with Crippen LogP contribution in [-0.4, -0.2) is 29.3 Å². The molecular weight excluding hydrogens is 222 g/mol. The molecule has 1 amide bonds. The molecule has 0 N–H and O–H groups in total. The molecule has 0 aliphatic heterocycles. The maximum atomic E-state index is 12.2. The number of alkyl halides is 1. The molecule has 0 heterocycles. The van der Waals surface area contributed by atoms with Gasteiger partial charge in [-0.2, -0.15) is 0 Å². The molecule has 0 radical (unpaired) electrons. The minimum Gasteiger partial charge on any atom is -0.338 e. The lowest BCUT2D eigenvalue weighted by Crippen LogP contribution is -2.43. The molecule has 0 saturated carbocycles. The van der Waals surface area contributed by atoms with Crippen LogP contribution in [0.15, 0.2) is 0 Å². The lowest BCUT2D eigenvalue weighted by molar-refractivity contribution is -0.137. The second kappa shape index (κ2) is 8.86. The molecule has 3 heteroatoms. The molecular formula is C13H26ClNO. The van der Waals surface area contributed by atoms with E-state index in [9.17, 15) is 4.79 Å². The molecule has 0 aliphatic carbocycles. The predicted octanol–water partition coefficient (Wildman–Crippen LogP) is 3.68. The summed E-state index contributed by atoms with van der Waals surface area (Å²) in [6, 6.07) is 0.352. The fourth-order valence-electron chi connectivity index (χ4n) is 2.13. The summed E-state index contributed by atoms with van der Waals surface area (Å²) in [5, 5.41) is 0. The highest BCUT2D eigenvalue weighted by Gasteiger charge is 2.24. The van der Waals surface area contributed by atoms with Gasteiger partial charge in [-0.15, -0.1) is 11.6 Å². The van der Waals surface area contributed by atoms with Crippen LogP contribution in [0.2, 0.25) is 0 Å². The molecule has 0 spiro atoms. The zero-order chi connectivity index (χ0) is 12.6. The highest BCUT2D eigenvalue weighted by atomic mass is 35.5. The van der Waals surface area contributed by atoms with Crippen LogP contribution in [0.3, 0.4) is 0 Å². The van der Waals surface area contributed by atoms with Crippen molar-refractivity contribution < 1.29 is 4.79 Å². The molecule has 0 aromatic rings. The molecule has 0 aromatic carbocycles. The third-order valence-electron chi connectivity index (χ3n) is 3.14. The van der Waals surface area contributed by atoms with E-state index in [2.05, 4.69) is 20.8 Å². The SMILES string of the molecule is CCCC(C)C(=O)N(CCCl)C(CC)CC. The van der Waals surface area contributed by atoms with E-state index in [1.54, 1.807) is 0 Å². The largest absolute Gasteiger partial charge is 0.338 e. The Kier molecular flexibility index (Phi) is 8.73. The minimum absolute atomic E-state index is 0.133. The van der Waals surface area contributed by atoms with Crippen molar-refractivity contribution in [3.63, 3.8) is 0 Å². The van der Waals surface area contributed by atoms with E-state index in [1.807, 2.05) is 11.8 Å². The van der Waals surface area contributed by atoms with Crippen LogP contribution in [0, 0.1) is 5.92 Å². The fraction of sp³-hybridized carbons (Fsp3) is 0.923. The van der Waals surface area contributed by atoms with Crippen LogP contribution < -0.4 is 0 Å². The van der Waals surface area contributed by atoms with Crippen LogP contribution in [0.1, 0.15) is 53.4 Å². The summed E-state index contributed by atoms with van der Waals surface area (Å²) >= 11 is 5.79. The molecule has 0 aromatic heterocycles. The van der Waals surface area contributed by atoms with Gasteiger partial charge in [-0.25, -0.2) is 0 Å². The molecule has 2 nitrogen and oxygen atoms in total. The van der Waals surface area contributed by atoms with Gasteiger partial charge in [-0.05, 0) is 19.3 Å². The monoisotopic (exact) mass is 247 g/mol. The second-order valence-corrected chi connectivity index (χ2v) is 4.76. The van der Waals surface area contributed by atoms with Crippen molar-refractivity contribution in [3.05, 3.63) is 0 Å². The van der Waals surface area contributed by atoms with Crippen molar-refractivity contribution in [2.75, 3.05) is 12.4 Å². The van der Waals surface area contributed by atoms with Crippen molar-refractivity contribution >= 4 is 17.5 Å². The maximum absolute atomic E-state index is 12.2. The normalized spacial score (nSPS) is 12.9. The summed E-state index contributed by atoms with van der Waals surface area (Å²) < 4.78 is 0. The first kappa shape index (κ1) is 15.8. The number of carbonyl (C=O) groups is 1. The number of hydrogen-bond donors (Lipinski definition) is 0. The maximum Gasteiger partial charge on any atom is 0.225 e. The zero-order valence-corrected chi connectivity index (χ0v) is 11.9. The Morgan fingerprint density at radius 1 is 1.25 bits per heavy atom. The van der Waals surface area contributed by atoms with Crippen molar-refractivity contribution in [1.82, 2.24) is 4.90 Å². The van der Waals surface area contributed by atoms with Gasteiger partial charge in [0.25, 0.3) is 0 Å². The first-order chi connectivity index (χ1) is 7.62. The lowest BCUT2D eigenvalue weighted by Gasteiger charge is -2.32. The molecule has 0 aliphatic rings. The topological polar surface area (TPSA) is 20.3 Å². The van der Waals surface area contributed by atoms with Gasteiger partial charge >= 0.3 is 0 Å². The summed E-state index contributed by atoms with van der Waals surface area (Å²) in [7, 11) is 0. The van der Waals surface area contributed by atoms with Gasteiger partial charge in [0.2, 0.25) is 5.91 Å². The van der Waals surface area contributed by atoms with Gasteiger partial charge in [0.15, 0.2) is 0 Å². The first-order valence-corrected chi connectivity index (χ1v) is 7.02. The number of amides is 1. The van der Waals surface area contributed by atoms with Crippen LogP contribution in [-0.2, 0) is 4.79 Å². The number of nitrogens with zero attached hydrogens (tertiary/aromatic N) is 1. The average Bonchev–Trinajstić information content (AvgIpc) is 2.29. The number of hydrogen-bond acceptors (Lipinski definition) is 1. The summed E-state index contributed by atoms with van der Waals surface area (Å²) in [6.45, 7) is 9.09. The minimum atomic E-state index is 0.133. The summed E-state index contributed by atoms with van der Waals surface area (Å²) in [5.41, 5.74) is 0. The first-order valence-electron chi connectivity index (χ1n) is 6.48. The van der Waals surface area contributed by atoms with Crippen molar-refractivity contribution in [2.45, 2.75) is 59.4 Å². The third-order valence-corrected chi connectivity index (χ3v) is 3.30. The van der Waals surface area contributed by atoms with Crippen molar-refractivity contribution in [1.29, 1.82) is 0 Å². The van der Waals surface area contributed by atoms with Crippen molar-refractivity contribution in [3.8, 4) is 0 Å². The predicted molar refractivity (Wildman–Crippen MR) is 70.9 cm³/mol. The highest BCUT2D eigenvalue weighted by molar-refractivity contribution is 6.18. The van der Waals surface area contributed by atoms with Gasteiger partial charge in [-0.1, -0.05) is 34.1 Å². The molecule has 0 saturated heterocycles. The molecule has 96 valence electrons. The van der Waals surface area contributed by atoms with Gasteiger partial charge in [0.05, 0.1) is 0 Å². The van der Waals surface area contributed by atoms with E-state index in [4.69, 9.17) is 11.6 Å². The summed E-state index contributed by atoms with van der Waals surface area (Å²) in [4.78, 5) is 14.2.